The topological polar surface area (TPSA) is 118 Å². The van der Waals surface area contributed by atoms with Crippen molar-refractivity contribution in [2.75, 3.05) is 5.32 Å². The Bertz CT molecular complexity index is 1250. The molecule has 0 aliphatic heterocycles. The van der Waals surface area contributed by atoms with Crippen LogP contribution >= 0.6 is 0 Å². The first-order valence-corrected chi connectivity index (χ1v) is 11.8. The Labute approximate surface area is 193 Å². The van der Waals surface area contributed by atoms with Gasteiger partial charge < -0.3 is 5.32 Å². The second-order valence-electron chi connectivity index (χ2n) is 8.60. The molecule has 3 rings (SSSR count). The maximum atomic E-state index is 12.5. The highest BCUT2D eigenvalue weighted by atomic mass is 32.2. The number of ketones is 1. The molecule has 0 spiro atoms. The summed E-state index contributed by atoms with van der Waals surface area (Å²) < 4.78 is 27.5. The van der Waals surface area contributed by atoms with Gasteiger partial charge in [0, 0.05) is 23.1 Å². The highest BCUT2D eigenvalue weighted by Crippen LogP contribution is 2.18. The Hall–Kier alpha value is -3.43. The number of hydrogen-bond donors (Lipinski definition) is 2. The van der Waals surface area contributed by atoms with Crippen LogP contribution < -0.4 is 10.0 Å². The maximum Gasteiger partial charge on any atom is 0.255 e. The standard InChI is InChI=1S/C24H26N4O4S/c1-16(29)18-9-11-21(12-10-18)33(31,32)27-13-17-5-7-19(8-6-17)22(30)28-20-14-25-23(26-15-20)24(2,3)4/h5-12,14-15,27H,13H2,1-4H3,(H,28,30). The largest absolute Gasteiger partial charge is 0.319 e. The van der Waals surface area contributed by atoms with Gasteiger partial charge in [0.25, 0.3) is 5.91 Å². The summed E-state index contributed by atoms with van der Waals surface area (Å²) in [6, 6.07) is 12.3. The molecule has 0 saturated heterocycles. The van der Waals surface area contributed by atoms with Gasteiger partial charge in [0.1, 0.15) is 5.82 Å². The number of rotatable bonds is 7. The van der Waals surface area contributed by atoms with E-state index in [1.807, 2.05) is 20.8 Å². The monoisotopic (exact) mass is 466 g/mol. The lowest BCUT2D eigenvalue weighted by atomic mass is 9.96. The van der Waals surface area contributed by atoms with Gasteiger partial charge in [-0.1, -0.05) is 45.0 Å². The minimum Gasteiger partial charge on any atom is -0.319 e. The van der Waals surface area contributed by atoms with E-state index in [0.29, 0.717) is 28.2 Å². The Morgan fingerprint density at radius 1 is 0.879 bits per heavy atom. The first-order valence-electron chi connectivity index (χ1n) is 10.3. The van der Waals surface area contributed by atoms with Crippen molar-refractivity contribution in [2.24, 2.45) is 0 Å². The van der Waals surface area contributed by atoms with Gasteiger partial charge >= 0.3 is 0 Å². The van der Waals surface area contributed by atoms with Gasteiger partial charge in [-0.15, -0.1) is 0 Å². The number of Topliss-reactive ketones (excluding diaryl/α,β-unsaturated/α-hetero) is 1. The van der Waals surface area contributed by atoms with E-state index < -0.39 is 10.0 Å². The Morgan fingerprint density at radius 2 is 1.42 bits per heavy atom. The smallest absolute Gasteiger partial charge is 0.255 e. The third kappa shape index (κ3) is 6.30. The summed E-state index contributed by atoms with van der Waals surface area (Å²) in [5, 5.41) is 2.75. The first kappa shape index (κ1) is 24.2. The predicted octanol–water partition coefficient (Wildman–Crippen LogP) is 3.71. The molecule has 1 aromatic heterocycles. The van der Waals surface area contributed by atoms with Crippen LogP contribution in [-0.4, -0.2) is 30.1 Å². The molecule has 0 atom stereocenters. The van der Waals surface area contributed by atoms with Gasteiger partial charge in [0.15, 0.2) is 5.78 Å². The molecule has 0 radical (unpaired) electrons. The number of benzene rings is 2. The van der Waals surface area contributed by atoms with Crippen LogP contribution in [-0.2, 0) is 22.0 Å². The first-order chi connectivity index (χ1) is 15.5. The van der Waals surface area contributed by atoms with Crippen LogP contribution in [0.25, 0.3) is 0 Å². The molecule has 3 aromatic rings. The number of sulfonamides is 1. The van der Waals surface area contributed by atoms with Crippen molar-refractivity contribution < 1.29 is 18.0 Å². The van der Waals surface area contributed by atoms with E-state index in [0.717, 1.165) is 0 Å². The summed E-state index contributed by atoms with van der Waals surface area (Å²) in [5.74, 6) is 0.229. The summed E-state index contributed by atoms with van der Waals surface area (Å²) in [5.41, 5.74) is 1.85. The number of carbonyl (C=O) groups is 2. The molecular weight excluding hydrogens is 440 g/mol. The van der Waals surface area contributed by atoms with E-state index in [-0.39, 0.29) is 28.5 Å². The molecule has 0 fully saturated rings. The van der Waals surface area contributed by atoms with Gasteiger partial charge in [0.2, 0.25) is 10.0 Å². The van der Waals surface area contributed by atoms with Crippen molar-refractivity contribution >= 4 is 27.4 Å². The lowest BCUT2D eigenvalue weighted by Gasteiger charge is -2.16. The molecule has 0 bridgehead atoms. The molecule has 0 unspecified atom stereocenters. The molecule has 33 heavy (non-hydrogen) atoms. The summed E-state index contributed by atoms with van der Waals surface area (Å²) in [6.45, 7) is 7.49. The summed E-state index contributed by atoms with van der Waals surface area (Å²) in [6.07, 6.45) is 3.13. The van der Waals surface area contributed by atoms with E-state index in [9.17, 15) is 18.0 Å². The fraction of sp³-hybridized carbons (Fsp3) is 0.250. The van der Waals surface area contributed by atoms with Gasteiger partial charge in [0.05, 0.1) is 23.0 Å². The molecule has 2 aromatic carbocycles. The van der Waals surface area contributed by atoms with Crippen LogP contribution in [0.4, 0.5) is 5.69 Å². The van der Waals surface area contributed by atoms with Crippen LogP contribution in [0.2, 0.25) is 0 Å². The van der Waals surface area contributed by atoms with Gasteiger partial charge in [-0.05, 0) is 36.8 Å². The quantitative estimate of drug-likeness (QED) is 0.513. The Kier molecular flexibility index (Phi) is 7.04. The van der Waals surface area contributed by atoms with E-state index in [2.05, 4.69) is 20.0 Å². The van der Waals surface area contributed by atoms with Crippen LogP contribution in [0, 0.1) is 0 Å². The van der Waals surface area contributed by atoms with Crippen LogP contribution in [0.1, 0.15) is 59.8 Å². The number of aromatic nitrogens is 2. The van der Waals surface area contributed by atoms with Gasteiger partial charge in [-0.25, -0.2) is 23.1 Å². The number of carbonyl (C=O) groups excluding carboxylic acids is 2. The van der Waals surface area contributed by atoms with E-state index in [4.69, 9.17) is 0 Å². The zero-order valence-electron chi connectivity index (χ0n) is 18.9. The number of nitrogens with one attached hydrogen (secondary N) is 2. The van der Waals surface area contributed by atoms with Crippen molar-refractivity contribution in [2.45, 2.75) is 44.6 Å². The van der Waals surface area contributed by atoms with Crippen LogP contribution in [0.15, 0.2) is 65.8 Å². The Balaban J connectivity index is 1.60. The third-order valence-electron chi connectivity index (χ3n) is 4.83. The molecule has 1 heterocycles. The van der Waals surface area contributed by atoms with E-state index in [1.165, 1.54) is 31.2 Å². The molecule has 0 aliphatic carbocycles. The van der Waals surface area contributed by atoms with Crippen molar-refractivity contribution in [1.82, 2.24) is 14.7 Å². The highest BCUT2D eigenvalue weighted by Gasteiger charge is 2.17. The molecule has 8 nitrogen and oxygen atoms in total. The highest BCUT2D eigenvalue weighted by molar-refractivity contribution is 7.89. The third-order valence-corrected chi connectivity index (χ3v) is 6.25. The number of amides is 1. The molecule has 172 valence electrons. The molecule has 0 saturated carbocycles. The summed E-state index contributed by atoms with van der Waals surface area (Å²) in [4.78, 5) is 32.5. The minimum atomic E-state index is -3.74. The van der Waals surface area contributed by atoms with Gasteiger partial charge in [-0.2, -0.15) is 0 Å². The van der Waals surface area contributed by atoms with Crippen LogP contribution in [0.5, 0.6) is 0 Å². The second-order valence-corrected chi connectivity index (χ2v) is 10.4. The zero-order valence-corrected chi connectivity index (χ0v) is 19.7. The predicted molar refractivity (Wildman–Crippen MR) is 126 cm³/mol. The average molecular weight is 467 g/mol. The molecule has 1 amide bonds. The van der Waals surface area contributed by atoms with Crippen molar-refractivity contribution in [1.29, 1.82) is 0 Å². The van der Waals surface area contributed by atoms with E-state index >= 15 is 0 Å². The second kappa shape index (κ2) is 9.60. The molecular formula is C24H26N4O4S. The molecule has 9 heteroatoms. The number of hydrogen-bond acceptors (Lipinski definition) is 6. The maximum absolute atomic E-state index is 12.5. The SMILES string of the molecule is CC(=O)c1ccc(S(=O)(=O)NCc2ccc(C(=O)Nc3cnc(C(C)(C)C)nc3)cc2)cc1. The molecule has 2 N–H and O–H groups in total. The summed E-state index contributed by atoms with van der Waals surface area (Å²) >= 11 is 0. The normalized spacial score (nSPS) is 11.8. The van der Waals surface area contributed by atoms with E-state index in [1.54, 1.807) is 36.7 Å². The van der Waals surface area contributed by atoms with Crippen molar-refractivity contribution in [3.05, 3.63) is 83.4 Å². The van der Waals surface area contributed by atoms with Gasteiger partial charge in [-0.3, -0.25) is 9.59 Å². The lowest BCUT2D eigenvalue weighted by Crippen LogP contribution is -2.23. The van der Waals surface area contributed by atoms with Crippen molar-refractivity contribution in [3.63, 3.8) is 0 Å². The lowest BCUT2D eigenvalue weighted by molar-refractivity contribution is 0.101. The fourth-order valence-corrected chi connectivity index (χ4v) is 3.91. The molecule has 0 aliphatic rings. The van der Waals surface area contributed by atoms with Crippen molar-refractivity contribution in [3.8, 4) is 0 Å². The number of anilines is 1. The number of nitrogens with zero attached hydrogens (tertiary/aromatic N) is 2. The zero-order chi connectivity index (χ0) is 24.2. The fourth-order valence-electron chi connectivity index (χ4n) is 2.89. The summed E-state index contributed by atoms with van der Waals surface area (Å²) in [7, 11) is -3.74. The average Bonchev–Trinajstić information content (AvgIpc) is 2.78. The van der Waals surface area contributed by atoms with Crippen LogP contribution in [0.3, 0.4) is 0 Å². The Morgan fingerprint density at radius 3 is 1.94 bits per heavy atom. The minimum absolute atomic E-state index is 0.0563.